The fourth-order valence-corrected chi connectivity index (χ4v) is 2.13. The van der Waals surface area contributed by atoms with Crippen molar-refractivity contribution in [3.8, 4) is 11.5 Å². The molecule has 2 aromatic rings. The highest BCUT2D eigenvalue weighted by Gasteiger charge is 2.06. The molecule has 0 aliphatic heterocycles. The summed E-state index contributed by atoms with van der Waals surface area (Å²) >= 11 is 0. The third kappa shape index (κ3) is 6.04. The number of nitrogens with two attached hydrogens (primary N) is 1. The van der Waals surface area contributed by atoms with Crippen LogP contribution in [0.4, 0.5) is 14.5 Å². The molecule has 0 aliphatic rings. The average molecular weight is 463 g/mol. The van der Waals surface area contributed by atoms with E-state index in [2.05, 4.69) is 10.3 Å². The molecular formula is C17H20F2IN3O2. The maximum Gasteiger partial charge on any atom is 0.193 e. The van der Waals surface area contributed by atoms with Crippen LogP contribution in [0.1, 0.15) is 5.56 Å². The lowest BCUT2D eigenvalue weighted by molar-refractivity contribution is 0.355. The molecule has 0 atom stereocenters. The average Bonchev–Trinajstić information content (AvgIpc) is 2.57. The number of ether oxygens (including phenoxy) is 2. The first-order chi connectivity index (χ1) is 11.5. The number of halogens is 3. The molecule has 0 heterocycles. The summed E-state index contributed by atoms with van der Waals surface area (Å²) in [6, 6.07) is 8.54. The molecule has 2 rings (SSSR count). The van der Waals surface area contributed by atoms with Crippen LogP contribution in [0, 0.1) is 11.6 Å². The van der Waals surface area contributed by atoms with Crippen molar-refractivity contribution in [1.29, 1.82) is 0 Å². The normalized spacial score (nSPS) is 10.8. The number of hydrogen-bond donors (Lipinski definition) is 2. The smallest absolute Gasteiger partial charge is 0.193 e. The van der Waals surface area contributed by atoms with E-state index in [9.17, 15) is 8.78 Å². The second kappa shape index (κ2) is 10.0. The molecule has 5 nitrogen and oxygen atoms in total. The number of benzene rings is 2. The SMILES string of the molecule is COc1ccc(NC(N)=NCCc2cc(F)ccc2F)cc1OC.I. The highest BCUT2D eigenvalue weighted by molar-refractivity contribution is 14.0. The number of nitrogens with one attached hydrogen (secondary N) is 1. The lowest BCUT2D eigenvalue weighted by Crippen LogP contribution is -2.23. The Hall–Kier alpha value is -2.10. The Balaban J connectivity index is 0.00000312. The minimum Gasteiger partial charge on any atom is -0.493 e. The Morgan fingerprint density at radius 2 is 1.80 bits per heavy atom. The van der Waals surface area contributed by atoms with Gasteiger partial charge in [0.1, 0.15) is 11.6 Å². The number of hydrogen-bond acceptors (Lipinski definition) is 3. The Bertz CT molecular complexity index is 742. The first-order valence-corrected chi connectivity index (χ1v) is 7.26. The molecule has 0 radical (unpaired) electrons. The van der Waals surface area contributed by atoms with Crippen LogP contribution in [0.5, 0.6) is 11.5 Å². The van der Waals surface area contributed by atoms with Crippen molar-refractivity contribution in [2.75, 3.05) is 26.1 Å². The summed E-state index contributed by atoms with van der Waals surface area (Å²) in [5, 5.41) is 2.90. The number of methoxy groups -OCH3 is 2. The van der Waals surface area contributed by atoms with E-state index in [4.69, 9.17) is 15.2 Å². The van der Waals surface area contributed by atoms with Crippen LogP contribution in [0.25, 0.3) is 0 Å². The summed E-state index contributed by atoms with van der Waals surface area (Å²) in [4.78, 5) is 4.11. The number of nitrogens with zero attached hydrogens (tertiary/aromatic N) is 1. The Morgan fingerprint density at radius 3 is 2.48 bits per heavy atom. The van der Waals surface area contributed by atoms with Gasteiger partial charge in [-0.15, -0.1) is 24.0 Å². The third-order valence-electron chi connectivity index (χ3n) is 3.33. The molecule has 0 saturated heterocycles. The highest BCUT2D eigenvalue weighted by Crippen LogP contribution is 2.29. The summed E-state index contributed by atoms with van der Waals surface area (Å²) < 4.78 is 36.9. The zero-order chi connectivity index (χ0) is 17.5. The van der Waals surface area contributed by atoms with Gasteiger partial charge in [-0.25, -0.2) is 8.78 Å². The van der Waals surface area contributed by atoms with E-state index in [1.807, 2.05) is 0 Å². The van der Waals surface area contributed by atoms with Crippen LogP contribution in [0.3, 0.4) is 0 Å². The van der Waals surface area contributed by atoms with E-state index in [1.165, 1.54) is 7.11 Å². The highest BCUT2D eigenvalue weighted by atomic mass is 127. The van der Waals surface area contributed by atoms with E-state index >= 15 is 0 Å². The van der Waals surface area contributed by atoms with Crippen LogP contribution in [0.15, 0.2) is 41.4 Å². The minimum atomic E-state index is -0.480. The summed E-state index contributed by atoms with van der Waals surface area (Å²) in [5.41, 5.74) is 6.73. The molecule has 0 aromatic heterocycles. The topological polar surface area (TPSA) is 68.9 Å². The largest absolute Gasteiger partial charge is 0.493 e. The first kappa shape index (κ1) is 20.9. The van der Waals surface area contributed by atoms with E-state index < -0.39 is 11.6 Å². The fourth-order valence-electron chi connectivity index (χ4n) is 2.13. The number of rotatable bonds is 6. The van der Waals surface area contributed by atoms with Crippen LogP contribution in [-0.4, -0.2) is 26.7 Å². The van der Waals surface area contributed by atoms with E-state index in [-0.39, 0.29) is 48.5 Å². The first-order valence-electron chi connectivity index (χ1n) is 7.26. The summed E-state index contributed by atoms with van der Waals surface area (Å²) in [6.07, 6.45) is 0.248. The van der Waals surface area contributed by atoms with Crippen molar-refractivity contribution in [1.82, 2.24) is 0 Å². The summed E-state index contributed by atoms with van der Waals surface area (Å²) in [7, 11) is 3.08. The quantitative estimate of drug-likeness (QED) is 0.391. The van der Waals surface area contributed by atoms with Gasteiger partial charge in [0.2, 0.25) is 0 Å². The lowest BCUT2D eigenvalue weighted by atomic mass is 10.1. The van der Waals surface area contributed by atoms with Crippen LogP contribution in [0.2, 0.25) is 0 Å². The van der Waals surface area contributed by atoms with Crippen molar-refractivity contribution < 1.29 is 18.3 Å². The van der Waals surface area contributed by atoms with Crippen molar-refractivity contribution in [3.05, 3.63) is 53.6 Å². The van der Waals surface area contributed by atoms with Crippen molar-refractivity contribution >= 4 is 35.6 Å². The van der Waals surface area contributed by atoms with Crippen molar-refractivity contribution in [3.63, 3.8) is 0 Å². The number of anilines is 1. The van der Waals surface area contributed by atoms with Gasteiger partial charge in [0.15, 0.2) is 17.5 Å². The molecule has 0 amide bonds. The second-order valence-corrected chi connectivity index (χ2v) is 4.95. The Morgan fingerprint density at radius 1 is 1.08 bits per heavy atom. The van der Waals surface area contributed by atoms with E-state index in [1.54, 1.807) is 25.3 Å². The molecule has 0 saturated carbocycles. The van der Waals surface area contributed by atoms with Crippen LogP contribution >= 0.6 is 24.0 Å². The maximum absolute atomic E-state index is 13.5. The second-order valence-electron chi connectivity index (χ2n) is 4.95. The van der Waals surface area contributed by atoms with Gasteiger partial charge in [-0.3, -0.25) is 4.99 Å². The van der Waals surface area contributed by atoms with Crippen molar-refractivity contribution in [2.45, 2.75) is 6.42 Å². The van der Waals surface area contributed by atoms with Gasteiger partial charge in [-0.2, -0.15) is 0 Å². The van der Waals surface area contributed by atoms with Crippen molar-refractivity contribution in [2.24, 2.45) is 10.7 Å². The van der Waals surface area contributed by atoms with E-state index in [0.717, 1.165) is 18.2 Å². The third-order valence-corrected chi connectivity index (χ3v) is 3.33. The molecule has 3 N–H and O–H groups in total. The Kier molecular flexibility index (Phi) is 8.39. The van der Waals surface area contributed by atoms with Gasteiger partial charge < -0.3 is 20.5 Å². The van der Waals surface area contributed by atoms with Gasteiger partial charge >= 0.3 is 0 Å². The molecule has 2 aromatic carbocycles. The summed E-state index contributed by atoms with van der Waals surface area (Å²) in [5.74, 6) is 0.376. The molecular weight excluding hydrogens is 443 g/mol. The predicted molar refractivity (Wildman–Crippen MR) is 105 cm³/mol. The minimum absolute atomic E-state index is 0. The van der Waals surface area contributed by atoms with Gasteiger partial charge in [-0.1, -0.05) is 0 Å². The molecule has 8 heteroatoms. The molecule has 0 unspecified atom stereocenters. The van der Waals surface area contributed by atoms with Gasteiger partial charge in [-0.05, 0) is 42.3 Å². The molecule has 0 aliphatic carbocycles. The fraction of sp³-hybridized carbons (Fsp3) is 0.235. The predicted octanol–water partition coefficient (Wildman–Crippen LogP) is 3.57. The molecule has 136 valence electrons. The molecule has 0 fully saturated rings. The van der Waals surface area contributed by atoms with Crippen LogP contribution < -0.4 is 20.5 Å². The van der Waals surface area contributed by atoms with Gasteiger partial charge in [0, 0.05) is 18.3 Å². The van der Waals surface area contributed by atoms with Crippen LogP contribution in [-0.2, 0) is 6.42 Å². The zero-order valence-corrected chi connectivity index (χ0v) is 16.2. The molecule has 0 spiro atoms. The molecule has 25 heavy (non-hydrogen) atoms. The maximum atomic E-state index is 13.5. The standard InChI is InChI=1S/C17H19F2N3O2.HI/c1-23-15-6-4-13(10-16(15)24-2)22-17(20)21-8-7-11-9-12(18)3-5-14(11)19;/h3-6,9-10H,7-8H2,1-2H3,(H3,20,21,22);1H. The zero-order valence-electron chi connectivity index (χ0n) is 13.9. The van der Waals surface area contributed by atoms with Gasteiger partial charge in [0.25, 0.3) is 0 Å². The number of aliphatic imine (C=N–C) groups is 1. The lowest BCUT2D eigenvalue weighted by Gasteiger charge is -2.11. The molecule has 0 bridgehead atoms. The number of guanidine groups is 1. The van der Waals surface area contributed by atoms with Gasteiger partial charge in [0.05, 0.1) is 14.2 Å². The Labute approximate surface area is 162 Å². The van der Waals surface area contributed by atoms with E-state index in [0.29, 0.717) is 17.2 Å². The monoisotopic (exact) mass is 463 g/mol. The summed E-state index contributed by atoms with van der Waals surface area (Å²) in [6.45, 7) is 0.229.